The first-order valence-electron chi connectivity index (χ1n) is 11.0. The highest BCUT2D eigenvalue weighted by molar-refractivity contribution is 6.07. The fourth-order valence-electron chi connectivity index (χ4n) is 4.71. The van der Waals surface area contributed by atoms with Gasteiger partial charge in [0.25, 0.3) is 5.56 Å². The molecule has 0 atom stereocenters. The summed E-state index contributed by atoms with van der Waals surface area (Å²) in [4.78, 5) is 30.3. The van der Waals surface area contributed by atoms with Gasteiger partial charge in [0.1, 0.15) is 12.1 Å². The number of hydrogen-bond acceptors (Lipinski definition) is 4. The lowest BCUT2D eigenvalue weighted by Crippen LogP contribution is -2.50. The smallest absolute Gasteiger partial charge is 0.291 e. The number of hydrogen-bond donors (Lipinski definition) is 0. The topological polar surface area (TPSA) is 63.4 Å². The second-order valence-corrected chi connectivity index (χ2v) is 8.60. The van der Waals surface area contributed by atoms with Crippen LogP contribution >= 0.6 is 0 Å². The van der Waals surface area contributed by atoms with Crippen LogP contribution in [0.4, 0.5) is 5.69 Å². The van der Waals surface area contributed by atoms with Gasteiger partial charge < -0.3 is 14.4 Å². The quantitative estimate of drug-likeness (QED) is 0.502. The molecule has 7 nitrogen and oxygen atoms in total. The van der Waals surface area contributed by atoms with Crippen LogP contribution in [0.15, 0.2) is 53.5 Å². The number of nitrogens with zero attached hydrogens (tertiary/aromatic N) is 5. The highest BCUT2D eigenvalue weighted by Gasteiger charge is 2.23. The molecule has 0 aliphatic carbocycles. The summed E-state index contributed by atoms with van der Waals surface area (Å²) in [6, 6.07) is 14.3. The van der Waals surface area contributed by atoms with Gasteiger partial charge in [-0.2, -0.15) is 5.10 Å². The number of aromatic nitrogens is 3. The summed E-state index contributed by atoms with van der Waals surface area (Å²) in [6.45, 7) is 7.00. The van der Waals surface area contributed by atoms with Crippen LogP contribution in [0.2, 0.25) is 0 Å². The zero-order valence-corrected chi connectivity index (χ0v) is 18.7. The van der Waals surface area contributed by atoms with E-state index in [2.05, 4.69) is 42.0 Å². The molecule has 2 aromatic heterocycles. The molecule has 0 N–H and O–H groups in total. The highest BCUT2D eigenvalue weighted by Crippen LogP contribution is 2.25. The lowest BCUT2D eigenvalue weighted by molar-refractivity contribution is -0.132. The molecule has 32 heavy (non-hydrogen) atoms. The number of carbonyl (C=O) groups excluding carboxylic acids is 1. The predicted molar refractivity (Wildman–Crippen MR) is 127 cm³/mol. The summed E-state index contributed by atoms with van der Waals surface area (Å²) < 4.78 is 3.18. The van der Waals surface area contributed by atoms with E-state index in [1.165, 1.54) is 21.5 Å². The number of rotatable bonds is 3. The normalized spacial score (nSPS) is 14.5. The van der Waals surface area contributed by atoms with Crippen molar-refractivity contribution < 1.29 is 4.79 Å². The van der Waals surface area contributed by atoms with E-state index in [9.17, 15) is 9.59 Å². The maximum absolute atomic E-state index is 13.1. The molecule has 1 aliphatic heterocycles. The van der Waals surface area contributed by atoms with E-state index in [4.69, 9.17) is 0 Å². The number of carbonyl (C=O) groups is 1. The molecule has 164 valence electrons. The van der Waals surface area contributed by atoms with Gasteiger partial charge in [-0.1, -0.05) is 30.3 Å². The molecule has 5 rings (SSSR count). The van der Waals surface area contributed by atoms with Crippen molar-refractivity contribution in [2.24, 2.45) is 7.05 Å². The van der Waals surface area contributed by atoms with Gasteiger partial charge in [-0.05, 0) is 37.1 Å². The van der Waals surface area contributed by atoms with Gasteiger partial charge in [0.15, 0.2) is 0 Å². The molecule has 0 spiro atoms. The first kappa shape index (κ1) is 20.3. The van der Waals surface area contributed by atoms with Crippen molar-refractivity contribution >= 4 is 33.4 Å². The lowest BCUT2D eigenvalue weighted by Gasteiger charge is -2.37. The third-order valence-electron chi connectivity index (χ3n) is 6.53. The van der Waals surface area contributed by atoms with Crippen LogP contribution in [-0.2, 0) is 18.4 Å². The van der Waals surface area contributed by atoms with Gasteiger partial charge in [-0.25, -0.2) is 4.68 Å². The van der Waals surface area contributed by atoms with E-state index in [1.807, 2.05) is 40.8 Å². The number of anilines is 1. The molecular weight excluding hydrogens is 402 g/mol. The van der Waals surface area contributed by atoms with Gasteiger partial charge in [0, 0.05) is 55.2 Å². The molecule has 1 amide bonds. The van der Waals surface area contributed by atoms with Crippen molar-refractivity contribution in [2.45, 2.75) is 20.4 Å². The predicted octanol–water partition coefficient (Wildman–Crippen LogP) is 2.85. The number of benzene rings is 2. The van der Waals surface area contributed by atoms with Crippen molar-refractivity contribution in [3.63, 3.8) is 0 Å². The van der Waals surface area contributed by atoms with Gasteiger partial charge in [0.05, 0.1) is 6.20 Å². The average molecular weight is 430 g/mol. The van der Waals surface area contributed by atoms with E-state index in [-0.39, 0.29) is 18.0 Å². The fourth-order valence-corrected chi connectivity index (χ4v) is 4.71. The Balaban J connectivity index is 1.34. The van der Waals surface area contributed by atoms with Crippen molar-refractivity contribution in [3.05, 3.63) is 70.1 Å². The average Bonchev–Trinajstić information content (AvgIpc) is 3.10. The van der Waals surface area contributed by atoms with Gasteiger partial charge >= 0.3 is 0 Å². The summed E-state index contributed by atoms with van der Waals surface area (Å²) in [6.07, 6.45) is 1.70. The minimum Gasteiger partial charge on any atom is -0.368 e. The molecule has 4 aromatic rings. The number of amides is 1. The number of fused-ring (bicyclic) bond motifs is 3. The zero-order valence-electron chi connectivity index (χ0n) is 18.7. The highest BCUT2D eigenvalue weighted by atomic mass is 16.2. The van der Waals surface area contributed by atoms with Gasteiger partial charge in [-0.15, -0.1) is 0 Å². The largest absolute Gasteiger partial charge is 0.368 e. The van der Waals surface area contributed by atoms with Crippen molar-refractivity contribution in [2.75, 3.05) is 31.1 Å². The second kappa shape index (κ2) is 7.82. The van der Waals surface area contributed by atoms with Crippen LogP contribution in [0.5, 0.6) is 0 Å². The first-order valence-corrected chi connectivity index (χ1v) is 11.0. The molecule has 3 heterocycles. The Bertz CT molecular complexity index is 1390. The Morgan fingerprint density at radius 3 is 2.53 bits per heavy atom. The Hall–Kier alpha value is -3.61. The van der Waals surface area contributed by atoms with Gasteiger partial charge in [-0.3, -0.25) is 9.59 Å². The SMILES string of the molecule is Cc1ccc(C)c(N2CCN(C(=O)Cn3ncc4c5ccccc5n(C)c4c3=O)CC2)c1. The first-order chi connectivity index (χ1) is 15.4. The zero-order chi connectivity index (χ0) is 22.4. The molecular formula is C25H27N5O2. The van der Waals surface area contributed by atoms with Crippen LogP contribution in [0.1, 0.15) is 11.1 Å². The van der Waals surface area contributed by atoms with Crippen LogP contribution in [-0.4, -0.2) is 51.3 Å². The lowest BCUT2D eigenvalue weighted by atomic mass is 10.1. The van der Waals surface area contributed by atoms with Crippen molar-refractivity contribution in [1.29, 1.82) is 0 Å². The molecule has 1 saturated heterocycles. The van der Waals surface area contributed by atoms with Gasteiger partial charge in [0.2, 0.25) is 5.91 Å². The van der Waals surface area contributed by atoms with Crippen LogP contribution in [0.25, 0.3) is 21.8 Å². The molecule has 1 aliphatic rings. The third-order valence-corrected chi connectivity index (χ3v) is 6.53. The van der Waals surface area contributed by atoms with Crippen LogP contribution in [0, 0.1) is 13.8 Å². The van der Waals surface area contributed by atoms with E-state index >= 15 is 0 Å². The second-order valence-electron chi connectivity index (χ2n) is 8.60. The maximum atomic E-state index is 13.1. The summed E-state index contributed by atoms with van der Waals surface area (Å²) >= 11 is 0. The number of aryl methyl sites for hydroxylation is 3. The molecule has 7 heteroatoms. The Morgan fingerprint density at radius 2 is 1.75 bits per heavy atom. The number of para-hydroxylation sites is 1. The van der Waals surface area contributed by atoms with Crippen molar-refractivity contribution in [1.82, 2.24) is 19.2 Å². The third kappa shape index (κ3) is 3.34. The standard InChI is InChI=1S/C25H27N5O2/c1-17-8-9-18(2)22(14-17)28-10-12-29(13-11-28)23(31)16-30-25(32)24-20(15-26-30)19-6-4-5-7-21(19)27(24)3/h4-9,14-15H,10-13,16H2,1-3H3. The fraction of sp³-hybridized carbons (Fsp3) is 0.320. The summed E-state index contributed by atoms with van der Waals surface area (Å²) in [5.74, 6) is -0.0710. The molecule has 0 radical (unpaired) electrons. The van der Waals surface area contributed by atoms with E-state index in [1.54, 1.807) is 6.20 Å². The Morgan fingerprint density at radius 1 is 1.00 bits per heavy atom. The molecule has 2 aromatic carbocycles. The molecule has 1 fully saturated rings. The molecule has 0 saturated carbocycles. The van der Waals surface area contributed by atoms with E-state index in [0.29, 0.717) is 18.6 Å². The summed E-state index contributed by atoms with van der Waals surface area (Å²) in [5, 5.41) is 6.14. The maximum Gasteiger partial charge on any atom is 0.291 e. The monoisotopic (exact) mass is 429 g/mol. The van der Waals surface area contributed by atoms with E-state index in [0.717, 1.165) is 29.4 Å². The van der Waals surface area contributed by atoms with Crippen LogP contribution in [0.3, 0.4) is 0 Å². The Labute approximate surface area is 186 Å². The van der Waals surface area contributed by atoms with Crippen molar-refractivity contribution in [3.8, 4) is 0 Å². The minimum absolute atomic E-state index is 0.0419. The molecule has 0 unspecified atom stereocenters. The molecule has 0 bridgehead atoms. The summed E-state index contributed by atoms with van der Waals surface area (Å²) in [7, 11) is 1.88. The summed E-state index contributed by atoms with van der Waals surface area (Å²) in [5.41, 5.74) is 5.04. The van der Waals surface area contributed by atoms with Crippen LogP contribution < -0.4 is 10.5 Å². The number of piperazine rings is 1. The van der Waals surface area contributed by atoms with E-state index < -0.39 is 0 Å². The Kier molecular flexibility index (Phi) is 4.96. The minimum atomic E-state index is -0.233.